The summed E-state index contributed by atoms with van der Waals surface area (Å²) >= 11 is 1.62. The Morgan fingerprint density at radius 2 is 2.35 bits per heavy atom. The van der Waals surface area contributed by atoms with Crippen LogP contribution in [0.1, 0.15) is 31.0 Å². The van der Waals surface area contributed by atoms with Gasteiger partial charge in [-0.3, -0.25) is 5.32 Å². The van der Waals surface area contributed by atoms with Crippen LogP contribution in [0.4, 0.5) is 10.6 Å². The summed E-state index contributed by atoms with van der Waals surface area (Å²) in [5.74, 6) is 0.749. The van der Waals surface area contributed by atoms with Crippen LogP contribution in [-0.4, -0.2) is 15.8 Å². The van der Waals surface area contributed by atoms with Crippen LogP contribution in [-0.2, 0) is 13.1 Å². The molecular weight excluding hydrogens is 272 g/mol. The van der Waals surface area contributed by atoms with Gasteiger partial charge in [0.2, 0.25) is 0 Å². The average molecular weight is 292 g/mol. The second-order valence-electron chi connectivity index (χ2n) is 4.69. The van der Waals surface area contributed by atoms with Gasteiger partial charge in [0.1, 0.15) is 5.82 Å². The number of urea groups is 1. The van der Waals surface area contributed by atoms with Crippen LogP contribution < -0.4 is 10.6 Å². The minimum Gasteiger partial charge on any atom is -0.334 e. The van der Waals surface area contributed by atoms with Gasteiger partial charge in [0.25, 0.3) is 0 Å². The number of amides is 2. The smallest absolute Gasteiger partial charge is 0.320 e. The molecular formula is C14H20N4OS. The molecule has 0 aliphatic heterocycles. The molecule has 0 saturated carbocycles. The van der Waals surface area contributed by atoms with Crippen molar-refractivity contribution in [3.05, 3.63) is 34.2 Å². The third-order valence-corrected chi connectivity index (χ3v) is 3.63. The molecule has 5 nitrogen and oxygen atoms in total. The van der Waals surface area contributed by atoms with Crippen LogP contribution in [0.2, 0.25) is 0 Å². The molecule has 0 aliphatic rings. The Hall–Kier alpha value is -1.82. The molecule has 2 rings (SSSR count). The summed E-state index contributed by atoms with van der Waals surface area (Å²) in [6, 6.07) is 3.69. The number of carbonyl (C=O) groups is 1. The van der Waals surface area contributed by atoms with Gasteiger partial charge >= 0.3 is 6.03 Å². The fourth-order valence-electron chi connectivity index (χ4n) is 1.86. The Kier molecular flexibility index (Phi) is 5.17. The van der Waals surface area contributed by atoms with Crippen molar-refractivity contribution in [1.82, 2.24) is 15.1 Å². The zero-order valence-electron chi connectivity index (χ0n) is 11.8. The standard InChI is InChI=1S/C14H20N4OS/c1-3-4-6-18-13(8-11(2)17-18)16-14(19)15-9-12-5-7-20-10-12/h5,7-8,10H,3-4,6,9H2,1-2H3,(H2,15,16,19). The molecule has 0 spiro atoms. The highest BCUT2D eigenvalue weighted by atomic mass is 32.1. The molecule has 0 bridgehead atoms. The van der Waals surface area contributed by atoms with Gasteiger partial charge in [0.05, 0.1) is 5.69 Å². The molecule has 0 aromatic carbocycles. The molecule has 0 unspecified atom stereocenters. The fraction of sp³-hybridized carbons (Fsp3) is 0.429. The van der Waals surface area contributed by atoms with Crippen molar-refractivity contribution in [3.63, 3.8) is 0 Å². The number of unbranched alkanes of at least 4 members (excludes halogenated alkanes) is 1. The summed E-state index contributed by atoms with van der Waals surface area (Å²) in [7, 11) is 0. The molecule has 2 heterocycles. The highest BCUT2D eigenvalue weighted by Crippen LogP contribution is 2.11. The molecule has 108 valence electrons. The Balaban J connectivity index is 1.89. The van der Waals surface area contributed by atoms with Gasteiger partial charge in [0.15, 0.2) is 0 Å². The van der Waals surface area contributed by atoms with E-state index in [2.05, 4.69) is 22.7 Å². The number of aryl methyl sites for hydroxylation is 2. The van der Waals surface area contributed by atoms with Gasteiger partial charge in [0, 0.05) is 19.2 Å². The maximum Gasteiger partial charge on any atom is 0.320 e. The van der Waals surface area contributed by atoms with Crippen molar-refractivity contribution in [3.8, 4) is 0 Å². The first-order chi connectivity index (χ1) is 9.69. The number of anilines is 1. The first kappa shape index (κ1) is 14.6. The number of hydrogen-bond donors (Lipinski definition) is 2. The van der Waals surface area contributed by atoms with E-state index in [0.29, 0.717) is 6.54 Å². The second-order valence-corrected chi connectivity index (χ2v) is 5.47. The normalized spacial score (nSPS) is 10.5. The van der Waals surface area contributed by atoms with Gasteiger partial charge in [-0.1, -0.05) is 13.3 Å². The number of rotatable bonds is 6. The molecule has 6 heteroatoms. The van der Waals surface area contributed by atoms with E-state index < -0.39 is 0 Å². The minimum absolute atomic E-state index is 0.200. The van der Waals surface area contributed by atoms with E-state index >= 15 is 0 Å². The van der Waals surface area contributed by atoms with E-state index in [9.17, 15) is 4.79 Å². The van der Waals surface area contributed by atoms with Crippen molar-refractivity contribution in [1.29, 1.82) is 0 Å². The van der Waals surface area contributed by atoms with E-state index in [1.54, 1.807) is 11.3 Å². The van der Waals surface area contributed by atoms with Gasteiger partial charge in [-0.2, -0.15) is 16.4 Å². The summed E-state index contributed by atoms with van der Waals surface area (Å²) in [6.07, 6.45) is 2.15. The Morgan fingerprint density at radius 3 is 3.05 bits per heavy atom. The molecule has 0 aliphatic carbocycles. The molecule has 0 saturated heterocycles. The number of nitrogens with one attached hydrogen (secondary N) is 2. The van der Waals surface area contributed by atoms with Crippen LogP contribution in [0.25, 0.3) is 0 Å². The molecule has 0 radical (unpaired) electrons. The molecule has 2 N–H and O–H groups in total. The van der Waals surface area contributed by atoms with E-state index in [4.69, 9.17) is 0 Å². The fourth-order valence-corrected chi connectivity index (χ4v) is 2.53. The van der Waals surface area contributed by atoms with Crippen LogP contribution >= 0.6 is 11.3 Å². The zero-order valence-corrected chi connectivity index (χ0v) is 12.7. The molecule has 2 amide bonds. The molecule has 0 atom stereocenters. The maximum atomic E-state index is 11.9. The second kappa shape index (κ2) is 7.09. The lowest BCUT2D eigenvalue weighted by atomic mass is 10.3. The van der Waals surface area contributed by atoms with E-state index in [0.717, 1.165) is 36.5 Å². The molecule has 0 fully saturated rings. The molecule has 2 aromatic rings. The van der Waals surface area contributed by atoms with Gasteiger partial charge in [-0.15, -0.1) is 0 Å². The van der Waals surface area contributed by atoms with Gasteiger partial charge in [-0.05, 0) is 35.7 Å². The number of nitrogens with zero attached hydrogens (tertiary/aromatic N) is 2. The van der Waals surface area contributed by atoms with E-state index in [-0.39, 0.29) is 6.03 Å². The van der Waals surface area contributed by atoms with E-state index in [1.165, 1.54) is 0 Å². The Morgan fingerprint density at radius 1 is 1.50 bits per heavy atom. The monoisotopic (exact) mass is 292 g/mol. The lowest BCUT2D eigenvalue weighted by Gasteiger charge is -2.09. The summed E-state index contributed by atoms with van der Waals surface area (Å²) in [6.45, 7) is 5.43. The van der Waals surface area contributed by atoms with Crippen molar-refractivity contribution in [2.24, 2.45) is 0 Å². The Labute approximate surface area is 123 Å². The first-order valence-corrected chi connectivity index (χ1v) is 7.73. The van der Waals surface area contributed by atoms with Crippen LogP contribution in [0.15, 0.2) is 22.9 Å². The summed E-state index contributed by atoms with van der Waals surface area (Å²) in [5, 5.41) is 14.1. The van der Waals surface area contributed by atoms with Gasteiger partial charge in [-0.25, -0.2) is 9.48 Å². The number of hydrogen-bond acceptors (Lipinski definition) is 3. The van der Waals surface area contributed by atoms with E-state index in [1.807, 2.05) is 34.5 Å². The quantitative estimate of drug-likeness (QED) is 0.857. The van der Waals surface area contributed by atoms with Crippen LogP contribution in [0.3, 0.4) is 0 Å². The van der Waals surface area contributed by atoms with Crippen molar-refractivity contribution >= 4 is 23.2 Å². The number of carbonyl (C=O) groups excluding carboxylic acids is 1. The predicted molar refractivity (Wildman–Crippen MR) is 82.0 cm³/mol. The third-order valence-electron chi connectivity index (χ3n) is 2.90. The highest BCUT2D eigenvalue weighted by Gasteiger charge is 2.08. The zero-order chi connectivity index (χ0) is 14.4. The summed E-state index contributed by atoms with van der Waals surface area (Å²) < 4.78 is 1.85. The lowest BCUT2D eigenvalue weighted by molar-refractivity contribution is 0.251. The molecule has 20 heavy (non-hydrogen) atoms. The van der Waals surface area contributed by atoms with Crippen molar-refractivity contribution < 1.29 is 4.79 Å². The number of aromatic nitrogens is 2. The minimum atomic E-state index is -0.200. The van der Waals surface area contributed by atoms with Crippen LogP contribution in [0, 0.1) is 6.92 Å². The predicted octanol–water partition coefficient (Wildman–Crippen LogP) is 3.37. The third kappa shape index (κ3) is 4.09. The van der Waals surface area contributed by atoms with Crippen LogP contribution in [0.5, 0.6) is 0 Å². The Bertz CT molecular complexity index is 548. The average Bonchev–Trinajstić information content (AvgIpc) is 3.04. The molecule has 2 aromatic heterocycles. The number of thiophene rings is 1. The largest absolute Gasteiger partial charge is 0.334 e. The lowest BCUT2D eigenvalue weighted by Crippen LogP contribution is -2.29. The topological polar surface area (TPSA) is 59.0 Å². The highest BCUT2D eigenvalue weighted by molar-refractivity contribution is 7.07. The maximum absolute atomic E-state index is 11.9. The van der Waals surface area contributed by atoms with Crippen molar-refractivity contribution in [2.75, 3.05) is 5.32 Å². The summed E-state index contributed by atoms with van der Waals surface area (Å²) in [4.78, 5) is 11.9. The SMILES string of the molecule is CCCCn1nc(C)cc1NC(=O)NCc1ccsc1. The first-order valence-electron chi connectivity index (χ1n) is 6.79. The summed E-state index contributed by atoms with van der Waals surface area (Å²) in [5.41, 5.74) is 2.02. The van der Waals surface area contributed by atoms with Crippen molar-refractivity contribution in [2.45, 2.75) is 39.8 Å². The van der Waals surface area contributed by atoms with Gasteiger partial charge < -0.3 is 5.32 Å².